The van der Waals surface area contributed by atoms with E-state index in [0.717, 1.165) is 25.1 Å². The molecular weight excluding hydrogens is 268 g/mol. The lowest BCUT2D eigenvalue weighted by molar-refractivity contribution is -0.384. The maximum atomic E-state index is 11.3. The predicted molar refractivity (Wildman–Crippen MR) is 83.8 cm³/mol. The fourth-order valence-electron chi connectivity index (χ4n) is 2.76. The lowest BCUT2D eigenvalue weighted by Gasteiger charge is -2.33. The molecule has 0 radical (unpaired) electrons. The van der Waals surface area contributed by atoms with Gasteiger partial charge in [-0.3, -0.25) is 10.1 Å². The van der Waals surface area contributed by atoms with E-state index < -0.39 is 0 Å². The molecule has 1 fully saturated rings. The first kappa shape index (κ1) is 15.7. The summed E-state index contributed by atoms with van der Waals surface area (Å²) in [6.45, 7) is 7.71. The Hall–Kier alpha value is -1.69. The summed E-state index contributed by atoms with van der Waals surface area (Å²) in [5, 5.41) is 14.8. The van der Waals surface area contributed by atoms with Crippen LogP contribution in [0, 0.1) is 17.0 Å². The van der Waals surface area contributed by atoms with E-state index in [2.05, 4.69) is 10.3 Å². The van der Waals surface area contributed by atoms with Gasteiger partial charge in [-0.2, -0.15) is 0 Å². The first-order valence-electron chi connectivity index (χ1n) is 7.60. The Labute approximate surface area is 125 Å². The minimum atomic E-state index is -0.334. The summed E-state index contributed by atoms with van der Waals surface area (Å²) in [6, 6.07) is 2.15. The highest BCUT2D eigenvalue weighted by Gasteiger charge is 2.26. The van der Waals surface area contributed by atoms with Gasteiger partial charge in [-0.1, -0.05) is 6.42 Å². The zero-order valence-corrected chi connectivity index (χ0v) is 13.0. The summed E-state index contributed by atoms with van der Waals surface area (Å²) >= 11 is 0. The van der Waals surface area contributed by atoms with E-state index in [1.54, 1.807) is 12.3 Å². The van der Waals surface area contributed by atoms with Crippen LogP contribution < -0.4 is 10.2 Å². The molecular formula is C15H24N4O2. The topological polar surface area (TPSA) is 71.3 Å². The Bertz CT molecular complexity index is 498. The fourth-order valence-corrected chi connectivity index (χ4v) is 2.76. The lowest BCUT2D eigenvalue weighted by atomic mass is 10.0. The number of nitrogens with zero attached hydrogens (tertiary/aromatic N) is 3. The standard InChI is InChI=1S/C15H24N4O2/c1-11(2)18(10-13-6-4-5-7-16-13)15-14(19(20)21)8-12(3)9-17-15/h8-9,11,13,16H,4-7,10H2,1-3H3. The Morgan fingerprint density at radius 3 is 2.86 bits per heavy atom. The molecule has 0 aromatic carbocycles. The number of piperidine rings is 1. The second kappa shape index (κ2) is 6.85. The van der Waals surface area contributed by atoms with Crippen molar-refractivity contribution in [1.82, 2.24) is 10.3 Å². The lowest BCUT2D eigenvalue weighted by Crippen LogP contribution is -2.46. The number of anilines is 1. The summed E-state index contributed by atoms with van der Waals surface area (Å²) < 4.78 is 0. The van der Waals surface area contributed by atoms with Gasteiger partial charge >= 0.3 is 5.69 Å². The molecule has 0 saturated carbocycles. The number of pyridine rings is 1. The molecule has 1 aromatic heterocycles. The van der Waals surface area contributed by atoms with Crippen molar-refractivity contribution in [3.63, 3.8) is 0 Å². The molecule has 1 aromatic rings. The number of aryl methyl sites for hydroxylation is 1. The van der Waals surface area contributed by atoms with Crippen molar-refractivity contribution >= 4 is 11.5 Å². The molecule has 0 amide bonds. The first-order valence-corrected chi connectivity index (χ1v) is 7.60. The molecule has 1 N–H and O–H groups in total. The van der Waals surface area contributed by atoms with Crippen molar-refractivity contribution in [3.05, 3.63) is 27.9 Å². The van der Waals surface area contributed by atoms with Crippen LogP contribution in [0.1, 0.15) is 38.7 Å². The molecule has 0 aliphatic carbocycles. The van der Waals surface area contributed by atoms with E-state index in [9.17, 15) is 10.1 Å². The number of nitro groups is 1. The first-order chi connectivity index (χ1) is 9.99. The molecule has 1 unspecified atom stereocenters. The van der Waals surface area contributed by atoms with Crippen molar-refractivity contribution < 1.29 is 4.92 Å². The van der Waals surface area contributed by atoms with Gasteiger partial charge in [0.25, 0.3) is 0 Å². The van der Waals surface area contributed by atoms with Crippen molar-refractivity contribution in [2.75, 3.05) is 18.0 Å². The summed E-state index contributed by atoms with van der Waals surface area (Å²) in [7, 11) is 0. The van der Waals surface area contributed by atoms with Gasteiger partial charge in [0.15, 0.2) is 0 Å². The van der Waals surface area contributed by atoms with Crippen LogP contribution in [0.15, 0.2) is 12.3 Å². The van der Waals surface area contributed by atoms with Crippen LogP contribution in [0.4, 0.5) is 11.5 Å². The summed E-state index contributed by atoms with van der Waals surface area (Å²) in [4.78, 5) is 17.4. The molecule has 2 rings (SSSR count). The van der Waals surface area contributed by atoms with E-state index >= 15 is 0 Å². The number of rotatable bonds is 5. The van der Waals surface area contributed by atoms with Crippen LogP contribution in [-0.4, -0.2) is 35.1 Å². The van der Waals surface area contributed by atoms with Gasteiger partial charge in [-0.25, -0.2) is 4.98 Å². The number of aromatic nitrogens is 1. The zero-order valence-electron chi connectivity index (χ0n) is 13.0. The van der Waals surface area contributed by atoms with Crippen LogP contribution in [-0.2, 0) is 0 Å². The Morgan fingerprint density at radius 1 is 1.52 bits per heavy atom. The van der Waals surface area contributed by atoms with Crippen LogP contribution in [0.25, 0.3) is 0 Å². The molecule has 21 heavy (non-hydrogen) atoms. The molecule has 1 aliphatic heterocycles. The minimum Gasteiger partial charge on any atom is -0.347 e. The van der Waals surface area contributed by atoms with Crippen LogP contribution in [0.3, 0.4) is 0 Å². The van der Waals surface area contributed by atoms with Crippen molar-refractivity contribution in [2.45, 2.75) is 52.1 Å². The molecule has 1 aliphatic rings. The fraction of sp³-hybridized carbons (Fsp3) is 0.667. The molecule has 0 bridgehead atoms. The third kappa shape index (κ3) is 3.91. The minimum absolute atomic E-state index is 0.0968. The highest BCUT2D eigenvalue weighted by atomic mass is 16.6. The van der Waals surface area contributed by atoms with E-state index in [-0.39, 0.29) is 16.7 Å². The Morgan fingerprint density at radius 2 is 2.29 bits per heavy atom. The quantitative estimate of drug-likeness (QED) is 0.667. The van der Waals surface area contributed by atoms with Crippen LogP contribution in [0.5, 0.6) is 0 Å². The number of nitrogens with one attached hydrogen (secondary N) is 1. The van der Waals surface area contributed by atoms with Crippen LogP contribution in [0.2, 0.25) is 0 Å². The summed E-state index contributed by atoms with van der Waals surface area (Å²) in [6.07, 6.45) is 5.24. The molecule has 1 atom stereocenters. The molecule has 6 heteroatoms. The van der Waals surface area contributed by atoms with Gasteiger partial charge in [0, 0.05) is 30.9 Å². The van der Waals surface area contributed by atoms with Gasteiger partial charge < -0.3 is 10.2 Å². The van der Waals surface area contributed by atoms with Gasteiger partial charge in [0.1, 0.15) is 0 Å². The third-order valence-corrected chi connectivity index (χ3v) is 3.91. The molecule has 116 valence electrons. The monoisotopic (exact) mass is 292 g/mol. The normalized spacial score (nSPS) is 18.8. The third-order valence-electron chi connectivity index (χ3n) is 3.91. The second-order valence-corrected chi connectivity index (χ2v) is 6.01. The van der Waals surface area contributed by atoms with Crippen LogP contribution >= 0.6 is 0 Å². The zero-order chi connectivity index (χ0) is 15.4. The average Bonchev–Trinajstić information content (AvgIpc) is 2.46. The SMILES string of the molecule is Cc1cnc(N(CC2CCCCN2)C(C)C)c([N+](=O)[O-])c1. The average molecular weight is 292 g/mol. The van der Waals surface area contributed by atoms with E-state index in [1.165, 1.54) is 12.8 Å². The van der Waals surface area contributed by atoms with Gasteiger partial charge in [-0.05, 0) is 45.7 Å². The molecule has 1 saturated heterocycles. The van der Waals surface area contributed by atoms with Crippen molar-refractivity contribution in [1.29, 1.82) is 0 Å². The summed E-state index contributed by atoms with van der Waals surface area (Å²) in [5.74, 6) is 0.480. The molecule has 6 nitrogen and oxygen atoms in total. The summed E-state index contributed by atoms with van der Waals surface area (Å²) in [5.41, 5.74) is 0.907. The van der Waals surface area contributed by atoms with Crippen molar-refractivity contribution in [3.8, 4) is 0 Å². The second-order valence-electron chi connectivity index (χ2n) is 6.01. The molecule has 0 spiro atoms. The van der Waals surface area contributed by atoms with Gasteiger partial charge in [0.05, 0.1) is 4.92 Å². The van der Waals surface area contributed by atoms with E-state index in [4.69, 9.17) is 0 Å². The highest BCUT2D eigenvalue weighted by molar-refractivity contribution is 5.59. The Kier molecular flexibility index (Phi) is 5.12. The smallest absolute Gasteiger partial charge is 0.311 e. The largest absolute Gasteiger partial charge is 0.347 e. The van der Waals surface area contributed by atoms with E-state index in [0.29, 0.717) is 11.9 Å². The maximum Gasteiger partial charge on any atom is 0.311 e. The number of hydrogen-bond donors (Lipinski definition) is 1. The van der Waals surface area contributed by atoms with Gasteiger partial charge in [-0.15, -0.1) is 0 Å². The van der Waals surface area contributed by atoms with Crippen molar-refractivity contribution in [2.24, 2.45) is 0 Å². The number of hydrogen-bond acceptors (Lipinski definition) is 5. The molecule has 2 heterocycles. The Balaban J connectivity index is 2.27. The predicted octanol–water partition coefficient (Wildman–Crippen LogP) is 2.66. The maximum absolute atomic E-state index is 11.3. The highest BCUT2D eigenvalue weighted by Crippen LogP contribution is 2.28. The van der Waals surface area contributed by atoms with E-state index in [1.807, 2.05) is 25.7 Å². The van der Waals surface area contributed by atoms with Gasteiger partial charge in [0.2, 0.25) is 5.82 Å².